The average molecular weight is 283 g/mol. The molecule has 1 aromatic carbocycles. The molecular weight excluding hydrogens is 266 g/mol. The van der Waals surface area contributed by atoms with E-state index in [-0.39, 0.29) is 5.91 Å². The third-order valence-corrected chi connectivity index (χ3v) is 3.26. The zero-order chi connectivity index (χ0) is 14.7. The number of hydrogen-bond donors (Lipinski definition) is 3. The molecule has 1 saturated carbocycles. The van der Waals surface area contributed by atoms with E-state index in [1.54, 1.807) is 6.07 Å². The van der Waals surface area contributed by atoms with Crippen LogP contribution < -0.4 is 16.4 Å². The van der Waals surface area contributed by atoms with Crippen molar-refractivity contribution in [1.29, 1.82) is 0 Å². The highest BCUT2D eigenvalue weighted by atomic mass is 16.1. The molecule has 1 heterocycles. The topological polar surface area (TPSA) is 92.9 Å². The van der Waals surface area contributed by atoms with E-state index in [0.717, 1.165) is 18.4 Å². The molecule has 0 atom stereocenters. The molecule has 1 aromatic heterocycles. The first-order valence-corrected chi connectivity index (χ1v) is 6.92. The van der Waals surface area contributed by atoms with E-state index >= 15 is 0 Å². The average Bonchev–Trinajstić information content (AvgIpc) is 3.29. The lowest BCUT2D eigenvalue weighted by molar-refractivity contribution is 0.0951. The lowest BCUT2D eigenvalue weighted by atomic mass is 10.1. The molecular formula is C15H17N5O. The fraction of sp³-hybridized carbons (Fsp3) is 0.267. The van der Waals surface area contributed by atoms with E-state index < -0.39 is 0 Å². The Morgan fingerprint density at radius 3 is 2.90 bits per heavy atom. The van der Waals surface area contributed by atoms with Gasteiger partial charge in [0.25, 0.3) is 5.91 Å². The summed E-state index contributed by atoms with van der Waals surface area (Å²) in [6.45, 7) is 0.570. The predicted octanol–water partition coefficient (Wildman–Crippen LogP) is 1.56. The molecule has 2 aromatic rings. The fourth-order valence-corrected chi connectivity index (χ4v) is 1.98. The van der Waals surface area contributed by atoms with Gasteiger partial charge >= 0.3 is 0 Å². The van der Waals surface area contributed by atoms with E-state index in [4.69, 9.17) is 5.73 Å². The zero-order valence-corrected chi connectivity index (χ0v) is 11.5. The largest absolute Gasteiger partial charge is 0.384 e. The van der Waals surface area contributed by atoms with Gasteiger partial charge in [0.15, 0.2) is 0 Å². The summed E-state index contributed by atoms with van der Waals surface area (Å²) in [5.74, 6) is 1.08. The van der Waals surface area contributed by atoms with Crippen LogP contribution in [-0.2, 0) is 6.54 Å². The molecule has 4 N–H and O–H groups in total. The SMILES string of the molecule is Nc1cc(NCc2cccc(C(=O)NC3CC3)c2)ncn1. The van der Waals surface area contributed by atoms with Crippen molar-refractivity contribution in [1.82, 2.24) is 15.3 Å². The van der Waals surface area contributed by atoms with Crippen LogP contribution in [0.4, 0.5) is 11.6 Å². The first kappa shape index (κ1) is 13.4. The highest BCUT2D eigenvalue weighted by Crippen LogP contribution is 2.19. The second-order valence-electron chi connectivity index (χ2n) is 5.13. The number of rotatable bonds is 5. The number of carbonyl (C=O) groups is 1. The van der Waals surface area contributed by atoms with Crippen LogP contribution in [0.3, 0.4) is 0 Å². The molecule has 6 heteroatoms. The van der Waals surface area contributed by atoms with Crippen molar-refractivity contribution in [3.05, 3.63) is 47.8 Å². The molecule has 0 spiro atoms. The van der Waals surface area contributed by atoms with Crippen molar-refractivity contribution in [2.45, 2.75) is 25.4 Å². The van der Waals surface area contributed by atoms with Crippen LogP contribution in [0.15, 0.2) is 36.7 Å². The van der Waals surface area contributed by atoms with Gasteiger partial charge in [-0.25, -0.2) is 9.97 Å². The van der Waals surface area contributed by atoms with Crippen molar-refractivity contribution in [3.8, 4) is 0 Å². The Labute approximate surface area is 122 Å². The van der Waals surface area contributed by atoms with Crippen LogP contribution in [0, 0.1) is 0 Å². The van der Waals surface area contributed by atoms with Gasteiger partial charge in [0, 0.05) is 24.2 Å². The molecule has 21 heavy (non-hydrogen) atoms. The molecule has 108 valence electrons. The van der Waals surface area contributed by atoms with Gasteiger partial charge in [-0.15, -0.1) is 0 Å². The summed E-state index contributed by atoms with van der Waals surface area (Å²) in [5.41, 5.74) is 7.29. The van der Waals surface area contributed by atoms with Gasteiger partial charge in [-0.2, -0.15) is 0 Å². The Balaban J connectivity index is 1.63. The van der Waals surface area contributed by atoms with E-state index in [0.29, 0.717) is 29.8 Å². The standard InChI is InChI=1S/C15H17N5O/c16-13-7-14(19-9-18-13)17-8-10-2-1-3-11(6-10)15(21)20-12-4-5-12/h1-3,6-7,9,12H,4-5,8H2,(H,20,21)(H3,16,17,18,19). The summed E-state index contributed by atoms with van der Waals surface area (Å²) >= 11 is 0. The monoisotopic (exact) mass is 283 g/mol. The van der Waals surface area contributed by atoms with Gasteiger partial charge in [-0.3, -0.25) is 4.79 Å². The lowest BCUT2D eigenvalue weighted by Gasteiger charge is -2.08. The smallest absolute Gasteiger partial charge is 0.251 e. The van der Waals surface area contributed by atoms with Crippen molar-refractivity contribution < 1.29 is 4.79 Å². The van der Waals surface area contributed by atoms with Gasteiger partial charge < -0.3 is 16.4 Å². The number of hydrogen-bond acceptors (Lipinski definition) is 5. The van der Waals surface area contributed by atoms with Crippen LogP contribution in [-0.4, -0.2) is 21.9 Å². The predicted molar refractivity (Wildman–Crippen MR) is 80.7 cm³/mol. The first-order chi connectivity index (χ1) is 10.2. The number of nitrogens with two attached hydrogens (primary N) is 1. The molecule has 0 bridgehead atoms. The number of nitrogen functional groups attached to an aromatic ring is 1. The maximum absolute atomic E-state index is 12.0. The van der Waals surface area contributed by atoms with E-state index in [9.17, 15) is 4.79 Å². The summed E-state index contributed by atoms with van der Waals surface area (Å²) in [4.78, 5) is 19.9. The maximum atomic E-state index is 12.0. The van der Waals surface area contributed by atoms with Crippen LogP contribution in [0.5, 0.6) is 0 Å². The Morgan fingerprint density at radius 1 is 1.29 bits per heavy atom. The first-order valence-electron chi connectivity index (χ1n) is 6.92. The molecule has 3 rings (SSSR count). The van der Waals surface area contributed by atoms with E-state index in [1.165, 1.54) is 6.33 Å². The van der Waals surface area contributed by atoms with Crippen molar-refractivity contribution in [2.75, 3.05) is 11.1 Å². The lowest BCUT2D eigenvalue weighted by Crippen LogP contribution is -2.25. The van der Waals surface area contributed by atoms with Crippen LogP contribution in [0.2, 0.25) is 0 Å². The summed E-state index contributed by atoms with van der Waals surface area (Å²) in [6, 6.07) is 9.59. The summed E-state index contributed by atoms with van der Waals surface area (Å²) in [6.07, 6.45) is 3.58. The number of nitrogens with zero attached hydrogens (tertiary/aromatic N) is 2. The van der Waals surface area contributed by atoms with E-state index in [1.807, 2.05) is 24.3 Å². The van der Waals surface area contributed by atoms with Crippen molar-refractivity contribution in [3.63, 3.8) is 0 Å². The molecule has 6 nitrogen and oxygen atoms in total. The number of carbonyl (C=O) groups excluding carboxylic acids is 1. The van der Waals surface area contributed by atoms with Crippen LogP contribution >= 0.6 is 0 Å². The second kappa shape index (κ2) is 5.78. The number of amides is 1. The number of anilines is 2. The van der Waals surface area contributed by atoms with Gasteiger partial charge in [0.05, 0.1) is 0 Å². The zero-order valence-electron chi connectivity index (χ0n) is 11.5. The summed E-state index contributed by atoms with van der Waals surface area (Å²) in [5, 5.41) is 6.14. The van der Waals surface area contributed by atoms with Crippen LogP contribution in [0.25, 0.3) is 0 Å². The van der Waals surface area contributed by atoms with E-state index in [2.05, 4.69) is 20.6 Å². The molecule has 1 aliphatic carbocycles. The van der Waals surface area contributed by atoms with Crippen molar-refractivity contribution >= 4 is 17.5 Å². The van der Waals surface area contributed by atoms with Gasteiger partial charge in [0.2, 0.25) is 0 Å². The molecule has 1 amide bonds. The molecule has 0 aliphatic heterocycles. The highest BCUT2D eigenvalue weighted by Gasteiger charge is 2.23. The Morgan fingerprint density at radius 2 is 2.14 bits per heavy atom. The summed E-state index contributed by atoms with van der Waals surface area (Å²) < 4.78 is 0. The molecule has 0 unspecified atom stereocenters. The second-order valence-corrected chi connectivity index (χ2v) is 5.13. The van der Waals surface area contributed by atoms with Crippen molar-refractivity contribution in [2.24, 2.45) is 0 Å². The fourth-order valence-electron chi connectivity index (χ4n) is 1.98. The Hall–Kier alpha value is -2.63. The quantitative estimate of drug-likeness (QED) is 0.774. The van der Waals surface area contributed by atoms with Crippen LogP contribution in [0.1, 0.15) is 28.8 Å². The minimum Gasteiger partial charge on any atom is -0.384 e. The third kappa shape index (κ3) is 3.68. The van der Waals surface area contributed by atoms with Gasteiger partial charge in [0.1, 0.15) is 18.0 Å². The number of benzene rings is 1. The minimum atomic E-state index is -0.00868. The number of aromatic nitrogens is 2. The van der Waals surface area contributed by atoms with Gasteiger partial charge in [-0.1, -0.05) is 12.1 Å². The summed E-state index contributed by atoms with van der Waals surface area (Å²) in [7, 11) is 0. The normalized spacial score (nSPS) is 13.7. The molecule has 1 aliphatic rings. The molecule has 1 fully saturated rings. The molecule has 0 radical (unpaired) electrons. The van der Waals surface area contributed by atoms with Gasteiger partial charge in [-0.05, 0) is 30.5 Å². The highest BCUT2D eigenvalue weighted by molar-refractivity contribution is 5.94. The third-order valence-electron chi connectivity index (χ3n) is 3.26. The maximum Gasteiger partial charge on any atom is 0.251 e. The molecule has 0 saturated heterocycles. The number of nitrogens with one attached hydrogen (secondary N) is 2. The Bertz CT molecular complexity index is 654. The Kier molecular flexibility index (Phi) is 3.68. The minimum absolute atomic E-state index is 0.00868.